The van der Waals surface area contributed by atoms with Crippen LogP contribution < -0.4 is 51.3 Å². The summed E-state index contributed by atoms with van der Waals surface area (Å²) in [6.07, 6.45) is 0. The summed E-state index contributed by atoms with van der Waals surface area (Å²) in [5.41, 5.74) is 8.14. The van der Waals surface area contributed by atoms with Gasteiger partial charge in [-0.2, -0.15) is 0 Å². The van der Waals surface area contributed by atoms with E-state index in [2.05, 4.69) is 155 Å². The molecule has 0 amide bonds. The largest absolute Gasteiger partial charge is 0.458 e. The van der Waals surface area contributed by atoms with Gasteiger partial charge in [-0.15, -0.1) is 0 Å². The fourth-order valence-corrected chi connectivity index (χ4v) is 14.6. The average Bonchev–Trinajstić information content (AvgIpc) is 3.79. The van der Waals surface area contributed by atoms with Crippen molar-refractivity contribution in [3.63, 3.8) is 0 Å². The number of imidazole rings is 2. The van der Waals surface area contributed by atoms with Crippen LogP contribution in [-0.4, -0.2) is 28.7 Å². The van der Waals surface area contributed by atoms with Gasteiger partial charge in [0.2, 0.25) is 5.78 Å². The fraction of sp³-hybridized carbons (Fsp3) is 0. The minimum absolute atomic E-state index is 0.0530. The van der Waals surface area contributed by atoms with Crippen LogP contribution in [0.4, 0.5) is 0 Å². The summed E-state index contributed by atoms with van der Waals surface area (Å²) in [6, 6.07) is 65.1. The molecule has 8 aromatic carbocycles. The zero-order valence-electron chi connectivity index (χ0n) is 30.5. The Balaban J connectivity index is 1.10. The van der Waals surface area contributed by atoms with E-state index in [0.29, 0.717) is 0 Å². The van der Waals surface area contributed by atoms with Crippen LogP contribution in [0.2, 0.25) is 0 Å². The van der Waals surface area contributed by atoms with Gasteiger partial charge in [0.25, 0.3) is 6.71 Å². The Bertz CT molecular complexity index is 3120. The van der Waals surface area contributed by atoms with E-state index in [-0.39, 0.29) is 6.71 Å². The van der Waals surface area contributed by atoms with Gasteiger partial charge >= 0.3 is 0 Å². The van der Waals surface area contributed by atoms with Gasteiger partial charge in [-0.3, -0.25) is 8.97 Å². The maximum absolute atomic E-state index is 6.79. The number of fused-ring (bicyclic) bond motifs is 5. The van der Waals surface area contributed by atoms with Crippen molar-refractivity contribution in [2.75, 3.05) is 0 Å². The molecule has 0 fully saturated rings. The minimum atomic E-state index is -2.82. The second-order valence-electron chi connectivity index (χ2n) is 15.1. The van der Waals surface area contributed by atoms with Gasteiger partial charge in [-0.05, 0) is 69.3 Å². The molecule has 8 heteroatoms. The van der Waals surface area contributed by atoms with Gasteiger partial charge in [-0.25, -0.2) is 4.98 Å². The molecular formula is C49H30BN3O3Si. The number of rotatable bonds is 5. The fourth-order valence-electron chi connectivity index (χ4n) is 9.88. The molecule has 0 saturated heterocycles. The lowest BCUT2D eigenvalue weighted by atomic mass is 9.34. The average molecular weight is 748 g/mol. The summed E-state index contributed by atoms with van der Waals surface area (Å²) < 4.78 is 24.6. The van der Waals surface area contributed by atoms with Gasteiger partial charge in [0.15, 0.2) is 8.07 Å². The zero-order chi connectivity index (χ0) is 37.2. The van der Waals surface area contributed by atoms with E-state index in [1.54, 1.807) is 0 Å². The van der Waals surface area contributed by atoms with Gasteiger partial charge in [0.1, 0.15) is 34.5 Å². The second kappa shape index (κ2) is 11.4. The number of ether oxygens (including phenoxy) is 3. The molecule has 5 heterocycles. The summed E-state index contributed by atoms with van der Waals surface area (Å²) in [4.78, 5) is 5.32. The third-order valence-corrected chi connectivity index (χ3v) is 17.0. The van der Waals surface area contributed by atoms with E-state index in [1.165, 1.54) is 20.7 Å². The molecule has 3 aliphatic rings. The van der Waals surface area contributed by atoms with Crippen molar-refractivity contribution < 1.29 is 14.2 Å². The van der Waals surface area contributed by atoms with Crippen LogP contribution in [0.1, 0.15) is 0 Å². The first kappa shape index (κ1) is 31.0. The van der Waals surface area contributed by atoms with E-state index in [0.717, 1.165) is 84.4 Å². The SMILES string of the molecule is c1ccc([Si](c2ccccc2)(c2ccccc2)c2ccc3c(c2)n2c4ccccc4nc2n3-c2cc3c4c(c2)Oc2cccc5c2B4c2c(cccc2O3)O5)cc1. The number of para-hydroxylation sites is 2. The molecule has 0 N–H and O–H groups in total. The minimum Gasteiger partial charge on any atom is -0.458 e. The number of nitrogens with zero attached hydrogens (tertiary/aromatic N) is 3. The monoisotopic (exact) mass is 747 g/mol. The Morgan fingerprint density at radius 3 is 1.46 bits per heavy atom. The van der Waals surface area contributed by atoms with Crippen LogP contribution in [0.3, 0.4) is 0 Å². The topological polar surface area (TPSA) is 49.9 Å². The summed E-state index contributed by atoms with van der Waals surface area (Å²) in [5.74, 6) is 5.63. The summed E-state index contributed by atoms with van der Waals surface area (Å²) in [5, 5.41) is 5.28. The van der Waals surface area contributed by atoms with Crippen LogP contribution in [-0.2, 0) is 0 Å². The highest BCUT2D eigenvalue weighted by molar-refractivity contribution is 7.20. The lowest BCUT2D eigenvalue weighted by Gasteiger charge is -2.37. The van der Waals surface area contributed by atoms with Gasteiger partial charge in [0.05, 0.1) is 27.8 Å². The van der Waals surface area contributed by atoms with E-state index in [4.69, 9.17) is 19.2 Å². The summed E-state index contributed by atoms with van der Waals surface area (Å²) in [7, 11) is -2.82. The highest BCUT2D eigenvalue weighted by atomic mass is 28.3. The van der Waals surface area contributed by atoms with Crippen LogP contribution in [0, 0.1) is 0 Å². The molecule has 13 rings (SSSR count). The second-order valence-corrected chi connectivity index (χ2v) is 18.9. The highest BCUT2D eigenvalue weighted by Crippen LogP contribution is 2.43. The van der Waals surface area contributed by atoms with Crippen molar-refractivity contribution in [3.8, 4) is 40.2 Å². The molecule has 10 aromatic rings. The molecule has 6 nitrogen and oxygen atoms in total. The smallest absolute Gasteiger partial charge is 0.270 e. The van der Waals surface area contributed by atoms with Crippen LogP contribution in [0.25, 0.3) is 33.5 Å². The first-order chi connectivity index (χ1) is 28.3. The molecule has 0 bridgehead atoms. The van der Waals surface area contributed by atoms with E-state index >= 15 is 0 Å². The highest BCUT2D eigenvalue weighted by Gasteiger charge is 2.47. The van der Waals surface area contributed by atoms with Crippen molar-refractivity contribution in [2.45, 2.75) is 0 Å². The standard InChI is InChI=1S/C49H30BN3O3Si/c1-4-14-32(15-5-1)57(33-16-6-2-7-17-33,34-18-8-3-9-19-34)35-26-27-38-39(30-35)53-37-21-11-10-20-36(37)51-49(53)52(38)31-28-44-48-45(29-31)56-43-25-13-23-41-47(43)50(48)46-40(54-41)22-12-24-42(46)55-44/h1-30H. The summed E-state index contributed by atoms with van der Waals surface area (Å²) >= 11 is 0. The lowest BCUT2D eigenvalue weighted by molar-refractivity contribution is 0.442. The molecule has 0 spiro atoms. The van der Waals surface area contributed by atoms with Gasteiger partial charge in [0, 0.05) is 28.5 Å². The van der Waals surface area contributed by atoms with Gasteiger partial charge < -0.3 is 14.2 Å². The molecule has 0 aliphatic carbocycles. The molecule has 57 heavy (non-hydrogen) atoms. The number of benzene rings is 8. The van der Waals surface area contributed by atoms with Gasteiger partial charge in [-0.1, -0.05) is 121 Å². The van der Waals surface area contributed by atoms with Crippen molar-refractivity contribution in [1.82, 2.24) is 14.0 Å². The molecular weight excluding hydrogens is 717 g/mol. The van der Waals surface area contributed by atoms with Crippen molar-refractivity contribution in [3.05, 3.63) is 182 Å². The quantitative estimate of drug-likeness (QED) is 0.147. The molecule has 3 aliphatic heterocycles. The third kappa shape index (κ3) is 4.12. The Morgan fingerprint density at radius 2 is 0.895 bits per heavy atom. The normalized spacial score (nSPS) is 13.3. The predicted octanol–water partition coefficient (Wildman–Crippen LogP) is 6.64. The first-order valence-electron chi connectivity index (χ1n) is 19.3. The Morgan fingerprint density at radius 1 is 0.404 bits per heavy atom. The molecule has 0 atom stereocenters. The van der Waals surface area contributed by atoms with Crippen LogP contribution >= 0.6 is 0 Å². The summed E-state index contributed by atoms with van der Waals surface area (Å²) in [6.45, 7) is -0.0530. The van der Waals surface area contributed by atoms with Crippen molar-refractivity contribution in [2.24, 2.45) is 0 Å². The molecule has 2 aromatic heterocycles. The third-order valence-electron chi connectivity index (χ3n) is 12.2. The zero-order valence-corrected chi connectivity index (χ0v) is 31.5. The first-order valence-corrected chi connectivity index (χ1v) is 21.3. The molecule has 0 radical (unpaired) electrons. The Hall–Kier alpha value is -7.29. The van der Waals surface area contributed by atoms with Crippen molar-refractivity contribution in [1.29, 1.82) is 0 Å². The maximum Gasteiger partial charge on any atom is 0.270 e. The molecule has 266 valence electrons. The van der Waals surface area contributed by atoms with E-state index < -0.39 is 8.07 Å². The van der Waals surface area contributed by atoms with E-state index in [1.807, 2.05) is 36.4 Å². The van der Waals surface area contributed by atoms with Crippen LogP contribution in [0.5, 0.6) is 34.5 Å². The molecule has 0 saturated carbocycles. The van der Waals surface area contributed by atoms with E-state index in [9.17, 15) is 0 Å². The molecule has 0 unspecified atom stereocenters. The van der Waals surface area contributed by atoms with Crippen LogP contribution in [0.15, 0.2) is 182 Å². The lowest BCUT2D eigenvalue weighted by Crippen LogP contribution is -2.74. The van der Waals surface area contributed by atoms with Crippen molar-refractivity contribution >= 4 is 79.8 Å². The number of hydrogen-bond acceptors (Lipinski definition) is 4. The number of hydrogen-bond donors (Lipinski definition) is 0. The Kier molecular flexibility index (Phi) is 6.18. The predicted molar refractivity (Wildman–Crippen MR) is 231 cm³/mol. The maximum atomic E-state index is 6.79. The number of aromatic nitrogens is 3. The Labute approximate surface area is 328 Å².